The van der Waals surface area contributed by atoms with Crippen molar-refractivity contribution in [3.8, 4) is 6.07 Å². The number of hydrogen-bond acceptors (Lipinski definition) is 6. The number of amides is 1. The fourth-order valence-corrected chi connectivity index (χ4v) is 3.09. The SMILES string of the molecule is Cn1cnc2cc(C(=O)N3CCN(c4ccc(C#N)cn4)CC3)cnc21. The highest BCUT2D eigenvalue weighted by atomic mass is 16.2. The molecule has 0 spiro atoms. The van der Waals surface area contributed by atoms with Crippen LogP contribution >= 0.6 is 0 Å². The monoisotopic (exact) mass is 347 g/mol. The van der Waals surface area contributed by atoms with Crippen LogP contribution in [0.15, 0.2) is 36.9 Å². The number of aromatic nitrogens is 4. The molecule has 0 saturated carbocycles. The first-order chi connectivity index (χ1) is 12.7. The Balaban J connectivity index is 1.44. The summed E-state index contributed by atoms with van der Waals surface area (Å²) in [6.07, 6.45) is 4.87. The van der Waals surface area contributed by atoms with Crippen LogP contribution in [-0.4, -0.2) is 56.5 Å². The molecule has 0 atom stereocenters. The Morgan fingerprint density at radius 1 is 1.12 bits per heavy atom. The minimum Gasteiger partial charge on any atom is -0.353 e. The lowest BCUT2D eigenvalue weighted by molar-refractivity contribution is 0.0746. The number of carbonyl (C=O) groups excluding carboxylic acids is 1. The van der Waals surface area contributed by atoms with Crippen LogP contribution in [0.5, 0.6) is 0 Å². The summed E-state index contributed by atoms with van der Waals surface area (Å²) in [7, 11) is 1.88. The molecule has 1 aliphatic heterocycles. The van der Waals surface area contributed by atoms with E-state index in [1.54, 1.807) is 30.9 Å². The molecule has 0 unspecified atom stereocenters. The summed E-state index contributed by atoms with van der Waals surface area (Å²) in [6.45, 7) is 2.62. The topological polar surface area (TPSA) is 90.9 Å². The van der Waals surface area contributed by atoms with Gasteiger partial charge in [0.1, 0.15) is 17.4 Å². The molecule has 4 heterocycles. The smallest absolute Gasteiger partial charge is 0.255 e. The van der Waals surface area contributed by atoms with Crippen molar-refractivity contribution in [1.82, 2.24) is 24.4 Å². The van der Waals surface area contributed by atoms with E-state index in [9.17, 15) is 4.79 Å². The highest BCUT2D eigenvalue weighted by molar-refractivity contribution is 5.96. The van der Waals surface area contributed by atoms with Crippen LogP contribution < -0.4 is 4.90 Å². The Hall–Kier alpha value is -3.47. The largest absolute Gasteiger partial charge is 0.353 e. The third-order valence-corrected chi connectivity index (χ3v) is 4.57. The molecule has 1 aliphatic rings. The van der Waals surface area contributed by atoms with Crippen molar-refractivity contribution in [2.75, 3.05) is 31.1 Å². The molecule has 4 rings (SSSR count). The first-order valence-corrected chi connectivity index (χ1v) is 8.33. The fraction of sp³-hybridized carbons (Fsp3) is 0.278. The molecule has 1 saturated heterocycles. The Morgan fingerprint density at radius 2 is 1.92 bits per heavy atom. The first kappa shape index (κ1) is 16.0. The maximum absolute atomic E-state index is 12.8. The normalized spacial score (nSPS) is 14.5. The average Bonchev–Trinajstić information content (AvgIpc) is 3.08. The molecular weight excluding hydrogens is 330 g/mol. The summed E-state index contributed by atoms with van der Waals surface area (Å²) in [6, 6.07) is 7.46. The van der Waals surface area contributed by atoms with Crippen molar-refractivity contribution in [2.45, 2.75) is 0 Å². The van der Waals surface area contributed by atoms with E-state index in [-0.39, 0.29) is 5.91 Å². The zero-order valence-corrected chi connectivity index (χ0v) is 14.3. The molecule has 1 fully saturated rings. The molecule has 26 heavy (non-hydrogen) atoms. The lowest BCUT2D eigenvalue weighted by Crippen LogP contribution is -2.49. The number of rotatable bonds is 2. The van der Waals surface area contributed by atoms with Gasteiger partial charge >= 0.3 is 0 Å². The van der Waals surface area contributed by atoms with Crippen LogP contribution in [0.3, 0.4) is 0 Å². The van der Waals surface area contributed by atoms with Crippen LogP contribution in [0.4, 0.5) is 5.82 Å². The number of nitriles is 1. The van der Waals surface area contributed by atoms with Crippen LogP contribution in [0, 0.1) is 11.3 Å². The second-order valence-corrected chi connectivity index (χ2v) is 6.22. The molecule has 0 radical (unpaired) electrons. The lowest BCUT2D eigenvalue weighted by Gasteiger charge is -2.35. The van der Waals surface area contributed by atoms with Gasteiger partial charge < -0.3 is 14.4 Å². The highest BCUT2D eigenvalue weighted by Crippen LogP contribution is 2.17. The van der Waals surface area contributed by atoms with E-state index < -0.39 is 0 Å². The lowest BCUT2D eigenvalue weighted by atomic mass is 10.2. The number of imidazole rings is 1. The Labute approximate surface area is 150 Å². The van der Waals surface area contributed by atoms with E-state index >= 15 is 0 Å². The van der Waals surface area contributed by atoms with Crippen LogP contribution in [0.2, 0.25) is 0 Å². The Kier molecular flexibility index (Phi) is 3.97. The van der Waals surface area contributed by atoms with E-state index in [0.29, 0.717) is 37.3 Å². The van der Waals surface area contributed by atoms with Gasteiger partial charge in [0.05, 0.1) is 17.5 Å². The van der Waals surface area contributed by atoms with Gasteiger partial charge in [0.25, 0.3) is 5.91 Å². The number of aryl methyl sites for hydroxylation is 1. The van der Waals surface area contributed by atoms with Gasteiger partial charge in [0, 0.05) is 45.6 Å². The number of pyridine rings is 2. The molecule has 3 aromatic rings. The zero-order valence-electron chi connectivity index (χ0n) is 14.3. The maximum atomic E-state index is 12.8. The van der Waals surface area contributed by atoms with Crippen molar-refractivity contribution >= 4 is 22.9 Å². The maximum Gasteiger partial charge on any atom is 0.255 e. The van der Waals surface area contributed by atoms with Gasteiger partial charge in [-0.05, 0) is 18.2 Å². The van der Waals surface area contributed by atoms with Gasteiger partial charge in [-0.2, -0.15) is 5.26 Å². The second-order valence-electron chi connectivity index (χ2n) is 6.22. The predicted octanol–water partition coefficient (Wildman–Crippen LogP) is 1.20. The summed E-state index contributed by atoms with van der Waals surface area (Å²) in [5, 5.41) is 8.85. The number of fused-ring (bicyclic) bond motifs is 1. The summed E-state index contributed by atoms with van der Waals surface area (Å²) in [5.41, 5.74) is 2.58. The summed E-state index contributed by atoms with van der Waals surface area (Å²) in [5.74, 6) is 0.796. The van der Waals surface area contributed by atoms with E-state index in [1.165, 1.54) is 0 Å². The molecule has 130 valence electrons. The quantitative estimate of drug-likeness (QED) is 0.692. The Bertz CT molecular complexity index is 995. The molecule has 0 aromatic carbocycles. The van der Waals surface area contributed by atoms with Crippen molar-refractivity contribution in [3.63, 3.8) is 0 Å². The molecule has 3 aromatic heterocycles. The minimum absolute atomic E-state index is 0.0301. The third-order valence-electron chi connectivity index (χ3n) is 4.57. The van der Waals surface area contributed by atoms with Gasteiger partial charge in [0.2, 0.25) is 0 Å². The number of nitrogens with zero attached hydrogens (tertiary/aromatic N) is 7. The summed E-state index contributed by atoms with van der Waals surface area (Å²) >= 11 is 0. The fourth-order valence-electron chi connectivity index (χ4n) is 3.09. The molecular formula is C18H17N7O. The van der Waals surface area contributed by atoms with E-state index in [0.717, 1.165) is 17.0 Å². The number of hydrogen-bond donors (Lipinski definition) is 0. The zero-order chi connectivity index (χ0) is 18.1. The molecule has 1 amide bonds. The molecule has 0 N–H and O–H groups in total. The van der Waals surface area contributed by atoms with E-state index in [2.05, 4.69) is 25.9 Å². The summed E-state index contributed by atoms with van der Waals surface area (Å²) in [4.78, 5) is 29.6. The first-order valence-electron chi connectivity index (χ1n) is 8.33. The third kappa shape index (κ3) is 2.84. The second kappa shape index (κ2) is 6.44. The van der Waals surface area contributed by atoms with E-state index in [1.807, 2.05) is 22.6 Å². The number of piperazine rings is 1. The molecule has 0 aliphatic carbocycles. The highest BCUT2D eigenvalue weighted by Gasteiger charge is 2.23. The van der Waals surface area contributed by atoms with Crippen LogP contribution in [0.1, 0.15) is 15.9 Å². The van der Waals surface area contributed by atoms with Crippen molar-refractivity contribution in [3.05, 3.63) is 48.0 Å². The van der Waals surface area contributed by atoms with Crippen molar-refractivity contribution < 1.29 is 4.79 Å². The molecule has 8 nitrogen and oxygen atoms in total. The molecule has 0 bridgehead atoms. The van der Waals surface area contributed by atoms with Gasteiger partial charge in [-0.3, -0.25) is 4.79 Å². The Morgan fingerprint density at radius 3 is 2.62 bits per heavy atom. The van der Waals surface area contributed by atoms with Crippen LogP contribution in [-0.2, 0) is 7.05 Å². The van der Waals surface area contributed by atoms with Crippen LogP contribution in [0.25, 0.3) is 11.2 Å². The van der Waals surface area contributed by atoms with Gasteiger partial charge in [0.15, 0.2) is 5.65 Å². The van der Waals surface area contributed by atoms with Gasteiger partial charge in [-0.1, -0.05) is 0 Å². The predicted molar refractivity (Wildman–Crippen MR) is 95.6 cm³/mol. The van der Waals surface area contributed by atoms with Crippen molar-refractivity contribution in [2.24, 2.45) is 7.05 Å². The van der Waals surface area contributed by atoms with Gasteiger partial charge in [-0.25, -0.2) is 15.0 Å². The molecule has 8 heteroatoms. The minimum atomic E-state index is -0.0301. The number of carbonyl (C=O) groups is 1. The number of anilines is 1. The average molecular weight is 347 g/mol. The standard InChI is InChI=1S/C18H17N7O/c1-23-12-22-15-8-14(11-21-17(15)23)18(26)25-6-4-24(5-7-25)16-3-2-13(9-19)10-20-16/h2-3,8,10-12H,4-7H2,1H3. The van der Waals surface area contributed by atoms with E-state index in [4.69, 9.17) is 5.26 Å². The van der Waals surface area contributed by atoms with Gasteiger partial charge in [-0.15, -0.1) is 0 Å². The van der Waals surface area contributed by atoms with Crippen molar-refractivity contribution in [1.29, 1.82) is 5.26 Å². The summed E-state index contributed by atoms with van der Waals surface area (Å²) < 4.78 is 1.83.